The molecule has 4 atom stereocenters. The Kier molecular flexibility index (Phi) is 2.53. The zero-order valence-electron chi connectivity index (χ0n) is 5.51. The Morgan fingerprint density at radius 1 is 1.36 bits per heavy atom. The normalized spacial score (nSPS) is 51.5. The molecule has 1 aliphatic heterocycles. The molecule has 1 saturated heterocycles. The molecule has 0 aromatic carbocycles. The second-order valence-corrected chi connectivity index (χ2v) is 3.73. The van der Waals surface area contributed by atoms with E-state index in [0.717, 1.165) is 0 Å². The highest BCUT2D eigenvalue weighted by atomic mass is 79.9. The van der Waals surface area contributed by atoms with Crippen LogP contribution in [0.2, 0.25) is 0 Å². The predicted molar refractivity (Wildman–Crippen MR) is 37.8 cm³/mol. The van der Waals surface area contributed by atoms with Gasteiger partial charge in [0.05, 0.1) is 6.61 Å². The van der Waals surface area contributed by atoms with E-state index in [1.165, 1.54) is 0 Å². The van der Waals surface area contributed by atoms with Gasteiger partial charge >= 0.3 is 0 Å². The van der Waals surface area contributed by atoms with Gasteiger partial charge in [0.1, 0.15) is 12.2 Å². The van der Waals surface area contributed by atoms with E-state index in [2.05, 4.69) is 20.7 Å². The number of hydrogen-bond donors (Lipinski definition) is 4. The smallest absolute Gasteiger partial charge is 0.185 e. The quantitative estimate of drug-likeness (QED) is 0.396. The molecule has 0 aromatic rings. The van der Waals surface area contributed by atoms with E-state index in [-0.39, 0.29) is 0 Å². The fraction of sp³-hybridized carbons (Fsp3) is 1.00. The number of ether oxygens (including phenoxy) is 1. The molecule has 1 aliphatic rings. The average molecular weight is 229 g/mol. The van der Waals surface area contributed by atoms with Gasteiger partial charge in [-0.2, -0.15) is 0 Å². The molecular formula is C5H9BrO5. The van der Waals surface area contributed by atoms with E-state index in [4.69, 9.17) is 20.4 Å². The highest BCUT2D eigenvalue weighted by molar-refractivity contribution is 9.10. The number of aliphatic hydroxyl groups excluding tert-OH is 4. The Bertz CT molecular complexity index is 154. The van der Waals surface area contributed by atoms with Crippen molar-refractivity contribution in [3.05, 3.63) is 0 Å². The third kappa shape index (κ3) is 1.42. The Morgan fingerprint density at radius 2 is 1.91 bits per heavy atom. The topological polar surface area (TPSA) is 90.2 Å². The first-order valence-corrected chi connectivity index (χ1v) is 3.82. The zero-order chi connectivity index (χ0) is 8.65. The molecule has 66 valence electrons. The minimum absolute atomic E-state index is 0.526. The number of rotatable bonds is 1. The Labute approximate surface area is 71.4 Å². The summed E-state index contributed by atoms with van der Waals surface area (Å²) in [5, 5.41) is 35.7. The van der Waals surface area contributed by atoms with Crippen LogP contribution in [0.1, 0.15) is 0 Å². The van der Waals surface area contributed by atoms with E-state index < -0.39 is 29.6 Å². The second kappa shape index (κ2) is 2.96. The second-order valence-electron chi connectivity index (χ2n) is 2.39. The largest absolute Gasteiger partial charge is 0.392 e. The van der Waals surface area contributed by atoms with Crippen LogP contribution in [0.5, 0.6) is 0 Å². The lowest BCUT2D eigenvalue weighted by Crippen LogP contribution is -2.40. The van der Waals surface area contributed by atoms with Crippen LogP contribution < -0.4 is 0 Å². The summed E-state index contributed by atoms with van der Waals surface area (Å²) in [5.74, 6) is 0. The lowest BCUT2D eigenvalue weighted by Gasteiger charge is -2.21. The molecule has 0 bridgehead atoms. The van der Waals surface area contributed by atoms with Gasteiger partial charge in [-0.1, -0.05) is 0 Å². The summed E-state index contributed by atoms with van der Waals surface area (Å²) in [4.78, 5) is 0. The molecule has 1 heterocycles. The third-order valence-corrected chi connectivity index (χ3v) is 2.50. The van der Waals surface area contributed by atoms with Crippen molar-refractivity contribution >= 4 is 15.9 Å². The number of aliphatic hydroxyl groups is 4. The molecule has 0 amide bonds. The summed E-state index contributed by atoms with van der Waals surface area (Å²) in [6, 6.07) is 0. The van der Waals surface area contributed by atoms with Crippen molar-refractivity contribution in [3.63, 3.8) is 0 Å². The van der Waals surface area contributed by atoms with Crippen molar-refractivity contribution in [2.45, 2.75) is 23.0 Å². The molecule has 0 radical (unpaired) electrons. The van der Waals surface area contributed by atoms with Crippen LogP contribution in [-0.4, -0.2) is 50.0 Å². The van der Waals surface area contributed by atoms with E-state index in [9.17, 15) is 0 Å². The monoisotopic (exact) mass is 228 g/mol. The maximum Gasteiger partial charge on any atom is 0.185 e. The molecule has 1 rings (SSSR count). The van der Waals surface area contributed by atoms with Gasteiger partial charge in [-0.15, -0.1) is 0 Å². The summed E-state index contributed by atoms with van der Waals surface area (Å²) in [6.45, 7) is -0.526. The molecule has 1 fully saturated rings. The van der Waals surface area contributed by atoms with Gasteiger partial charge in [-0.25, -0.2) is 0 Å². The molecule has 0 aliphatic carbocycles. The maximum absolute atomic E-state index is 9.15. The third-order valence-electron chi connectivity index (χ3n) is 1.59. The predicted octanol–water partition coefficient (Wildman–Crippen LogP) is -1.86. The zero-order valence-corrected chi connectivity index (χ0v) is 7.10. The summed E-state index contributed by atoms with van der Waals surface area (Å²) < 4.78 is 3.21. The molecule has 0 unspecified atom stereocenters. The number of alkyl halides is 1. The van der Waals surface area contributed by atoms with Crippen LogP contribution in [-0.2, 0) is 4.74 Å². The highest BCUT2D eigenvalue weighted by Gasteiger charge is 2.52. The standard InChI is InChI=1S/C5H9BrO5/c6-5(1-7)3(9)2(8)4(10)11-5/h2-4,7-10H,1H2/t2-,3+,4+,5-/m1/s1. The van der Waals surface area contributed by atoms with E-state index in [0.29, 0.717) is 0 Å². The Hall–Kier alpha value is 0.280. The van der Waals surface area contributed by atoms with Gasteiger partial charge in [0.25, 0.3) is 0 Å². The highest BCUT2D eigenvalue weighted by Crippen LogP contribution is 2.34. The SMILES string of the molecule is OC[C@@]1(Br)O[C@H](O)[C@H](O)[C@@H]1O. The fourth-order valence-electron chi connectivity index (χ4n) is 0.882. The van der Waals surface area contributed by atoms with Gasteiger partial charge < -0.3 is 25.2 Å². The summed E-state index contributed by atoms with van der Waals surface area (Å²) in [5.41, 5.74) is 0. The average Bonchev–Trinajstić information content (AvgIpc) is 2.17. The van der Waals surface area contributed by atoms with Gasteiger partial charge in [-0.05, 0) is 15.9 Å². The summed E-state index contributed by atoms with van der Waals surface area (Å²) in [7, 11) is 0. The first kappa shape index (κ1) is 9.37. The molecular weight excluding hydrogens is 220 g/mol. The van der Waals surface area contributed by atoms with Gasteiger partial charge in [0.15, 0.2) is 10.8 Å². The van der Waals surface area contributed by atoms with Crippen LogP contribution in [0, 0.1) is 0 Å². The molecule has 0 aromatic heterocycles. The molecule has 11 heavy (non-hydrogen) atoms. The van der Waals surface area contributed by atoms with Crippen LogP contribution in [0.15, 0.2) is 0 Å². The maximum atomic E-state index is 9.15. The lowest BCUT2D eigenvalue weighted by molar-refractivity contribution is -0.140. The van der Waals surface area contributed by atoms with Crippen molar-refractivity contribution in [1.29, 1.82) is 0 Å². The molecule has 0 spiro atoms. The summed E-state index contributed by atoms with van der Waals surface area (Å²) in [6.07, 6.45) is -4.18. The Balaban J connectivity index is 2.73. The van der Waals surface area contributed by atoms with Gasteiger partial charge in [-0.3, -0.25) is 0 Å². The van der Waals surface area contributed by atoms with Crippen LogP contribution in [0.3, 0.4) is 0 Å². The molecule has 0 saturated carbocycles. The van der Waals surface area contributed by atoms with Crippen LogP contribution >= 0.6 is 15.9 Å². The number of halogens is 1. The lowest BCUT2D eigenvalue weighted by atomic mass is 10.1. The van der Waals surface area contributed by atoms with E-state index in [1.807, 2.05) is 0 Å². The number of hydrogen-bond acceptors (Lipinski definition) is 5. The minimum Gasteiger partial charge on any atom is -0.392 e. The van der Waals surface area contributed by atoms with Crippen molar-refractivity contribution in [3.8, 4) is 0 Å². The van der Waals surface area contributed by atoms with Gasteiger partial charge in [0, 0.05) is 0 Å². The van der Waals surface area contributed by atoms with Crippen molar-refractivity contribution < 1.29 is 25.2 Å². The first-order chi connectivity index (χ1) is 5.01. The Morgan fingerprint density at radius 3 is 2.09 bits per heavy atom. The van der Waals surface area contributed by atoms with Crippen molar-refractivity contribution in [2.75, 3.05) is 6.61 Å². The fourth-order valence-corrected chi connectivity index (χ4v) is 1.34. The first-order valence-electron chi connectivity index (χ1n) is 3.03. The molecule has 4 N–H and O–H groups in total. The van der Waals surface area contributed by atoms with E-state index in [1.54, 1.807) is 0 Å². The van der Waals surface area contributed by atoms with Crippen LogP contribution in [0.4, 0.5) is 0 Å². The molecule has 5 nitrogen and oxygen atoms in total. The van der Waals surface area contributed by atoms with Crippen LogP contribution in [0.25, 0.3) is 0 Å². The minimum atomic E-state index is -1.46. The molecule has 6 heteroatoms. The van der Waals surface area contributed by atoms with Crippen molar-refractivity contribution in [1.82, 2.24) is 0 Å². The van der Waals surface area contributed by atoms with E-state index >= 15 is 0 Å². The van der Waals surface area contributed by atoms with Gasteiger partial charge in [0.2, 0.25) is 0 Å². The van der Waals surface area contributed by atoms with Crippen molar-refractivity contribution in [2.24, 2.45) is 0 Å². The summed E-state index contributed by atoms with van der Waals surface area (Å²) >= 11 is 2.85.